The largest absolute Gasteiger partial charge is 0.308 e. The number of piperidine rings is 1. The van der Waals surface area contributed by atoms with Crippen molar-refractivity contribution in [2.75, 3.05) is 38.1 Å². The molecule has 0 atom stereocenters. The van der Waals surface area contributed by atoms with Crippen LogP contribution in [-0.4, -0.2) is 59.5 Å². The van der Waals surface area contributed by atoms with E-state index in [9.17, 15) is 4.79 Å². The van der Waals surface area contributed by atoms with Crippen molar-refractivity contribution < 1.29 is 4.79 Å². The smallest absolute Gasteiger partial charge is 0.247 e. The number of likely N-dealkylation sites (tertiary alicyclic amines) is 1. The van der Waals surface area contributed by atoms with Crippen LogP contribution in [0.5, 0.6) is 0 Å². The minimum atomic E-state index is -0.411. The van der Waals surface area contributed by atoms with E-state index in [1.165, 1.54) is 5.56 Å². The number of benzene rings is 1. The molecule has 2 aliphatic heterocycles. The van der Waals surface area contributed by atoms with Crippen LogP contribution in [0.3, 0.4) is 0 Å². The van der Waals surface area contributed by atoms with E-state index in [1.807, 2.05) is 36.2 Å². The van der Waals surface area contributed by atoms with Gasteiger partial charge in [0.05, 0.1) is 11.9 Å². The molecule has 5 heteroatoms. The van der Waals surface area contributed by atoms with E-state index in [2.05, 4.69) is 46.1 Å². The van der Waals surface area contributed by atoms with Crippen molar-refractivity contribution in [1.82, 2.24) is 14.8 Å². The van der Waals surface area contributed by atoms with Gasteiger partial charge in [0.1, 0.15) is 5.54 Å². The summed E-state index contributed by atoms with van der Waals surface area (Å²) in [7, 11) is 2.14. The van der Waals surface area contributed by atoms with E-state index < -0.39 is 5.54 Å². The number of carbonyl (C=O) groups is 1. The Morgan fingerprint density at radius 2 is 1.74 bits per heavy atom. The quantitative estimate of drug-likeness (QED) is 0.840. The first-order valence-electron chi connectivity index (χ1n) is 9.81. The van der Waals surface area contributed by atoms with Gasteiger partial charge in [-0.15, -0.1) is 0 Å². The molecule has 4 rings (SSSR count). The first-order chi connectivity index (χ1) is 13.1. The van der Waals surface area contributed by atoms with Crippen LogP contribution in [0.15, 0.2) is 48.7 Å². The SMILES string of the molecule is Cc1ccc(N2CCN(Cc3ccccc3)C3(CCN(C)CC3)C2=O)cn1. The van der Waals surface area contributed by atoms with Crippen LogP contribution in [-0.2, 0) is 11.3 Å². The number of pyridine rings is 1. The van der Waals surface area contributed by atoms with Gasteiger partial charge in [-0.1, -0.05) is 30.3 Å². The van der Waals surface area contributed by atoms with Gasteiger partial charge in [-0.25, -0.2) is 0 Å². The van der Waals surface area contributed by atoms with Crippen molar-refractivity contribution in [3.63, 3.8) is 0 Å². The minimum absolute atomic E-state index is 0.239. The highest BCUT2D eigenvalue weighted by atomic mass is 16.2. The third-order valence-electron chi connectivity index (χ3n) is 6.08. The molecule has 2 aliphatic rings. The number of anilines is 1. The van der Waals surface area contributed by atoms with E-state index in [4.69, 9.17) is 0 Å². The molecular weight excluding hydrogens is 336 g/mol. The van der Waals surface area contributed by atoms with Gasteiger partial charge in [0, 0.05) is 38.4 Å². The Morgan fingerprint density at radius 1 is 1.00 bits per heavy atom. The predicted molar refractivity (Wildman–Crippen MR) is 108 cm³/mol. The molecule has 1 aromatic carbocycles. The molecule has 2 saturated heterocycles. The number of carbonyl (C=O) groups excluding carboxylic acids is 1. The van der Waals surface area contributed by atoms with Crippen LogP contribution in [0.25, 0.3) is 0 Å². The molecule has 0 unspecified atom stereocenters. The van der Waals surface area contributed by atoms with Crippen LogP contribution in [0.1, 0.15) is 24.1 Å². The highest BCUT2D eigenvalue weighted by Crippen LogP contribution is 2.36. The summed E-state index contributed by atoms with van der Waals surface area (Å²) in [6.45, 7) is 6.32. The molecule has 27 heavy (non-hydrogen) atoms. The maximum Gasteiger partial charge on any atom is 0.247 e. The van der Waals surface area contributed by atoms with E-state index in [0.717, 1.165) is 50.4 Å². The van der Waals surface area contributed by atoms with Gasteiger partial charge < -0.3 is 9.80 Å². The number of nitrogens with zero attached hydrogens (tertiary/aromatic N) is 4. The summed E-state index contributed by atoms with van der Waals surface area (Å²) in [6.07, 6.45) is 3.60. The Hall–Kier alpha value is -2.24. The Morgan fingerprint density at radius 3 is 2.41 bits per heavy atom. The number of hydrogen-bond donors (Lipinski definition) is 0. The van der Waals surface area contributed by atoms with Crippen molar-refractivity contribution in [3.05, 3.63) is 59.9 Å². The van der Waals surface area contributed by atoms with Gasteiger partial charge in [-0.05, 0) is 44.5 Å². The molecule has 5 nitrogen and oxygen atoms in total. The highest BCUT2D eigenvalue weighted by molar-refractivity contribution is 6.01. The first kappa shape index (κ1) is 18.1. The molecule has 0 saturated carbocycles. The van der Waals surface area contributed by atoms with E-state index in [-0.39, 0.29) is 5.91 Å². The summed E-state index contributed by atoms with van der Waals surface area (Å²) in [5.74, 6) is 0.239. The maximum atomic E-state index is 13.7. The Labute approximate surface area is 161 Å². The van der Waals surface area contributed by atoms with Gasteiger partial charge in [0.25, 0.3) is 0 Å². The molecule has 1 aromatic heterocycles. The van der Waals surface area contributed by atoms with Crippen LogP contribution >= 0.6 is 0 Å². The third kappa shape index (κ3) is 3.49. The van der Waals surface area contributed by atoms with Crippen molar-refractivity contribution >= 4 is 11.6 Å². The molecule has 0 bridgehead atoms. The summed E-state index contributed by atoms with van der Waals surface area (Å²) in [5, 5.41) is 0. The van der Waals surface area contributed by atoms with Crippen LogP contribution in [0.4, 0.5) is 5.69 Å². The molecule has 3 heterocycles. The standard InChI is InChI=1S/C22H28N4O/c1-18-8-9-20(16-23-18)26-15-14-25(17-19-6-4-3-5-7-19)22(21(26)27)10-12-24(2)13-11-22/h3-9,16H,10-15,17H2,1-2H3. The molecule has 0 N–H and O–H groups in total. The lowest BCUT2D eigenvalue weighted by atomic mass is 9.82. The lowest BCUT2D eigenvalue weighted by Gasteiger charge is -2.52. The zero-order valence-electron chi connectivity index (χ0n) is 16.3. The fourth-order valence-electron chi connectivity index (χ4n) is 4.34. The second kappa shape index (κ2) is 7.41. The van der Waals surface area contributed by atoms with Crippen molar-refractivity contribution in [2.24, 2.45) is 0 Å². The van der Waals surface area contributed by atoms with Gasteiger partial charge >= 0.3 is 0 Å². The average molecular weight is 364 g/mol. The van der Waals surface area contributed by atoms with E-state index >= 15 is 0 Å². The van der Waals surface area contributed by atoms with Crippen LogP contribution in [0, 0.1) is 6.92 Å². The molecule has 1 spiro atoms. The molecule has 2 fully saturated rings. The van der Waals surface area contributed by atoms with Gasteiger partial charge in [-0.3, -0.25) is 14.7 Å². The fraction of sp³-hybridized carbons (Fsp3) is 0.455. The van der Waals surface area contributed by atoms with E-state index in [1.54, 1.807) is 0 Å². The fourth-order valence-corrected chi connectivity index (χ4v) is 4.34. The lowest BCUT2D eigenvalue weighted by molar-refractivity contribution is -0.138. The Bertz CT molecular complexity index is 782. The number of rotatable bonds is 3. The number of piperazine rings is 1. The van der Waals surface area contributed by atoms with Crippen molar-refractivity contribution in [3.8, 4) is 0 Å². The first-order valence-corrected chi connectivity index (χ1v) is 9.81. The van der Waals surface area contributed by atoms with Gasteiger partial charge in [0.15, 0.2) is 0 Å². The lowest BCUT2D eigenvalue weighted by Crippen LogP contribution is -2.68. The molecule has 2 aromatic rings. The molecule has 1 amide bonds. The molecule has 142 valence electrons. The second-order valence-corrected chi connectivity index (χ2v) is 7.86. The zero-order valence-corrected chi connectivity index (χ0v) is 16.3. The van der Waals surface area contributed by atoms with E-state index in [0.29, 0.717) is 6.54 Å². The maximum absolute atomic E-state index is 13.7. The van der Waals surface area contributed by atoms with Crippen LogP contribution in [0.2, 0.25) is 0 Å². The number of amides is 1. The Kier molecular flexibility index (Phi) is 4.98. The summed E-state index contributed by atoms with van der Waals surface area (Å²) in [4.78, 5) is 24.8. The van der Waals surface area contributed by atoms with Gasteiger partial charge in [-0.2, -0.15) is 0 Å². The zero-order chi connectivity index (χ0) is 18.9. The summed E-state index contributed by atoms with van der Waals surface area (Å²) < 4.78 is 0. The summed E-state index contributed by atoms with van der Waals surface area (Å²) in [6, 6.07) is 14.5. The molecule has 0 aliphatic carbocycles. The van der Waals surface area contributed by atoms with Crippen LogP contribution < -0.4 is 4.90 Å². The molecular formula is C22H28N4O. The van der Waals surface area contributed by atoms with Crippen molar-refractivity contribution in [2.45, 2.75) is 31.8 Å². The molecule has 0 radical (unpaired) electrons. The van der Waals surface area contributed by atoms with Crippen molar-refractivity contribution in [1.29, 1.82) is 0 Å². The monoisotopic (exact) mass is 364 g/mol. The third-order valence-corrected chi connectivity index (χ3v) is 6.08. The summed E-state index contributed by atoms with van der Waals surface area (Å²) >= 11 is 0. The normalized spacial score (nSPS) is 21.0. The second-order valence-electron chi connectivity index (χ2n) is 7.86. The average Bonchev–Trinajstić information content (AvgIpc) is 2.69. The predicted octanol–water partition coefficient (Wildman–Crippen LogP) is 2.70. The number of aryl methyl sites for hydroxylation is 1. The van der Waals surface area contributed by atoms with Gasteiger partial charge in [0.2, 0.25) is 5.91 Å². The summed E-state index contributed by atoms with van der Waals surface area (Å²) in [5.41, 5.74) is 2.76. The number of hydrogen-bond acceptors (Lipinski definition) is 4. The minimum Gasteiger partial charge on any atom is -0.308 e. The number of aromatic nitrogens is 1. The highest BCUT2D eigenvalue weighted by Gasteiger charge is 2.50. The Balaban J connectivity index is 1.64. The topological polar surface area (TPSA) is 39.7 Å².